The van der Waals surface area contributed by atoms with Gasteiger partial charge in [0.05, 0.1) is 23.5 Å². The van der Waals surface area contributed by atoms with Crippen LogP contribution in [0, 0.1) is 52.1 Å². The first-order valence-electron chi connectivity index (χ1n) is 13.7. The van der Waals surface area contributed by atoms with Crippen molar-refractivity contribution in [2.45, 2.75) is 31.8 Å². The molecule has 210 valence electrons. The van der Waals surface area contributed by atoms with Gasteiger partial charge >= 0.3 is 0 Å². The van der Waals surface area contributed by atoms with Crippen LogP contribution in [0.25, 0.3) is 0 Å². The quantitative estimate of drug-likeness (QED) is 0.434. The van der Waals surface area contributed by atoms with Gasteiger partial charge in [0.25, 0.3) is 0 Å². The number of carbonyl (C=O) groups is 1. The van der Waals surface area contributed by atoms with E-state index in [2.05, 4.69) is 16.0 Å². The van der Waals surface area contributed by atoms with Crippen LogP contribution >= 0.6 is 0 Å². The fourth-order valence-corrected chi connectivity index (χ4v) is 5.98. The van der Waals surface area contributed by atoms with E-state index in [1.54, 1.807) is 29.3 Å². The molecule has 2 saturated heterocycles. The minimum Gasteiger partial charge on any atom is -0.474 e. The molecule has 2 fully saturated rings. The number of pyridine rings is 2. The summed E-state index contributed by atoms with van der Waals surface area (Å²) < 4.78 is 34.3. The second kappa shape index (κ2) is 12.3. The molecule has 2 unspecified atom stereocenters. The average Bonchev–Trinajstić information content (AvgIpc) is 3.02. The molecule has 4 heterocycles. The molecule has 8 nitrogen and oxygen atoms in total. The lowest BCUT2D eigenvalue weighted by atomic mass is 9.77. The first kappa shape index (κ1) is 28.0. The highest BCUT2D eigenvalue weighted by atomic mass is 19.2. The van der Waals surface area contributed by atoms with E-state index in [1.165, 1.54) is 12.3 Å². The predicted octanol–water partition coefficient (Wildman–Crippen LogP) is 4.69. The Morgan fingerprint density at radius 1 is 1.05 bits per heavy atom. The van der Waals surface area contributed by atoms with Gasteiger partial charge in [-0.15, -0.1) is 0 Å². The van der Waals surface area contributed by atoms with Crippen LogP contribution in [0.5, 0.6) is 5.88 Å². The van der Waals surface area contributed by atoms with Crippen LogP contribution in [0.3, 0.4) is 0 Å². The molecule has 0 N–H and O–H groups in total. The maximum Gasteiger partial charge on any atom is 0.227 e. The van der Waals surface area contributed by atoms with Crippen molar-refractivity contribution in [1.82, 2.24) is 14.9 Å². The Kier molecular flexibility index (Phi) is 8.39. The number of halogens is 2. The molecule has 0 saturated carbocycles. The fraction of sp³-hybridized carbons (Fsp3) is 0.387. The molecule has 2 aliphatic rings. The SMILES string of the molecule is C[C@H](Oc1ccc(C#N)cn1)[C@H]1CCN(C(=O)C2CCN(c3ccccn3)CC2C#N)C[C@@H]1c1ccc(F)c(F)c1. The predicted molar refractivity (Wildman–Crippen MR) is 146 cm³/mol. The van der Waals surface area contributed by atoms with Gasteiger partial charge in [-0.25, -0.2) is 18.7 Å². The Labute approximate surface area is 237 Å². The van der Waals surface area contributed by atoms with Gasteiger partial charge in [0.15, 0.2) is 11.6 Å². The Hall–Kier alpha value is -4.57. The van der Waals surface area contributed by atoms with Crippen LogP contribution in [-0.4, -0.2) is 53.1 Å². The van der Waals surface area contributed by atoms with Gasteiger partial charge in [-0.3, -0.25) is 4.79 Å². The number of rotatable bonds is 6. The van der Waals surface area contributed by atoms with Crippen molar-refractivity contribution >= 4 is 11.7 Å². The van der Waals surface area contributed by atoms with Gasteiger partial charge < -0.3 is 14.5 Å². The third-order valence-corrected chi connectivity index (χ3v) is 8.19. The summed E-state index contributed by atoms with van der Waals surface area (Å²) in [5, 5.41) is 19.0. The van der Waals surface area contributed by atoms with Crippen molar-refractivity contribution in [3.63, 3.8) is 0 Å². The number of benzene rings is 1. The lowest BCUT2D eigenvalue weighted by Gasteiger charge is -2.44. The molecule has 10 heteroatoms. The molecule has 3 aromatic rings. The van der Waals surface area contributed by atoms with E-state index in [4.69, 9.17) is 10.00 Å². The number of aromatic nitrogens is 2. The van der Waals surface area contributed by atoms with Crippen LogP contribution in [0.2, 0.25) is 0 Å². The number of piperidine rings is 2. The maximum absolute atomic E-state index is 14.3. The van der Waals surface area contributed by atoms with Crippen molar-refractivity contribution < 1.29 is 18.3 Å². The van der Waals surface area contributed by atoms with Crippen LogP contribution in [0.4, 0.5) is 14.6 Å². The molecule has 0 spiro atoms. The maximum atomic E-state index is 14.3. The van der Waals surface area contributed by atoms with Crippen molar-refractivity contribution in [1.29, 1.82) is 10.5 Å². The van der Waals surface area contributed by atoms with E-state index in [0.29, 0.717) is 56.0 Å². The minimum absolute atomic E-state index is 0.0921. The summed E-state index contributed by atoms with van der Waals surface area (Å²) in [5.41, 5.74) is 0.995. The van der Waals surface area contributed by atoms with Gasteiger partial charge in [0.1, 0.15) is 18.0 Å². The number of hydrogen-bond donors (Lipinski definition) is 0. The molecule has 0 aliphatic carbocycles. The van der Waals surface area contributed by atoms with Gasteiger partial charge in [0, 0.05) is 56.5 Å². The zero-order valence-corrected chi connectivity index (χ0v) is 22.7. The number of nitrogens with zero attached hydrogens (tertiary/aromatic N) is 6. The molecule has 5 rings (SSSR count). The van der Waals surface area contributed by atoms with Crippen molar-refractivity contribution in [3.8, 4) is 18.0 Å². The summed E-state index contributed by atoms with van der Waals surface area (Å²) in [6.45, 7) is 3.67. The van der Waals surface area contributed by atoms with E-state index in [9.17, 15) is 18.8 Å². The van der Waals surface area contributed by atoms with E-state index in [1.807, 2.05) is 36.1 Å². The highest BCUT2D eigenvalue weighted by Gasteiger charge is 2.42. The summed E-state index contributed by atoms with van der Waals surface area (Å²) in [6.07, 6.45) is 3.86. The van der Waals surface area contributed by atoms with Crippen molar-refractivity contribution in [2.75, 3.05) is 31.1 Å². The molecule has 41 heavy (non-hydrogen) atoms. The Morgan fingerprint density at radius 3 is 2.59 bits per heavy atom. The Balaban J connectivity index is 1.34. The van der Waals surface area contributed by atoms with Gasteiger partial charge in [-0.1, -0.05) is 12.1 Å². The summed E-state index contributed by atoms with van der Waals surface area (Å²) in [5.74, 6) is -2.25. The summed E-state index contributed by atoms with van der Waals surface area (Å²) in [7, 11) is 0. The zero-order valence-electron chi connectivity index (χ0n) is 22.7. The first-order valence-corrected chi connectivity index (χ1v) is 13.7. The van der Waals surface area contributed by atoms with E-state index in [0.717, 1.165) is 11.9 Å². The number of nitriles is 2. The molecular weight excluding hydrogens is 526 g/mol. The molecular formula is C31H30F2N6O2. The fourth-order valence-electron chi connectivity index (χ4n) is 5.98. The number of hydrogen-bond acceptors (Lipinski definition) is 7. The number of anilines is 1. The van der Waals surface area contributed by atoms with E-state index in [-0.39, 0.29) is 23.8 Å². The highest BCUT2D eigenvalue weighted by molar-refractivity contribution is 5.80. The Bertz CT molecular complexity index is 1460. The van der Waals surface area contributed by atoms with Crippen LogP contribution < -0.4 is 9.64 Å². The number of ether oxygens (including phenoxy) is 1. The average molecular weight is 557 g/mol. The number of amides is 1. The molecule has 2 aliphatic heterocycles. The highest BCUT2D eigenvalue weighted by Crippen LogP contribution is 2.38. The van der Waals surface area contributed by atoms with Crippen molar-refractivity contribution in [2.24, 2.45) is 17.8 Å². The third kappa shape index (κ3) is 6.12. The first-order chi connectivity index (χ1) is 19.9. The largest absolute Gasteiger partial charge is 0.474 e. The molecule has 1 aromatic carbocycles. The molecule has 5 atom stereocenters. The summed E-state index contributed by atoms with van der Waals surface area (Å²) in [4.78, 5) is 26.2. The normalized spacial score (nSPS) is 23.2. The second-order valence-corrected chi connectivity index (χ2v) is 10.6. The topological polar surface area (TPSA) is 106 Å². The number of likely N-dealkylation sites (tertiary alicyclic amines) is 1. The van der Waals surface area contributed by atoms with Crippen LogP contribution in [-0.2, 0) is 4.79 Å². The molecule has 0 radical (unpaired) electrons. The molecule has 2 aromatic heterocycles. The van der Waals surface area contributed by atoms with Crippen molar-refractivity contribution in [3.05, 3.63) is 83.7 Å². The smallest absolute Gasteiger partial charge is 0.227 e. The Morgan fingerprint density at radius 2 is 1.90 bits per heavy atom. The third-order valence-electron chi connectivity index (χ3n) is 8.19. The molecule has 1 amide bonds. The monoisotopic (exact) mass is 556 g/mol. The van der Waals surface area contributed by atoms with Gasteiger partial charge in [-0.2, -0.15) is 10.5 Å². The van der Waals surface area contributed by atoms with E-state index < -0.39 is 23.5 Å². The second-order valence-electron chi connectivity index (χ2n) is 10.6. The minimum atomic E-state index is -0.946. The molecule has 0 bridgehead atoms. The van der Waals surface area contributed by atoms with Gasteiger partial charge in [0.2, 0.25) is 11.8 Å². The van der Waals surface area contributed by atoms with E-state index >= 15 is 0 Å². The standard InChI is InChI=1S/C31H30F2N6O2/c1-20(41-30-8-5-21(15-34)17-37-30)24-9-13-39(19-26(24)22-6-7-27(32)28(33)14-22)31(40)25-10-12-38(18-23(25)16-35)29-4-2-3-11-36-29/h2-8,11,14,17,20,23-26H,9-10,12-13,18-19H2,1H3/t20-,23?,24+,25?,26+/m0/s1. The van der Waals surface area contributed by atoms with Crippen LogP contribution in [0.1, 0.15) is 36.8 Å². The summed E-state index contributed by atoms with van der Waals surface area (Å²) >= 11 is 0. The lowest BCUT2D eigenvalue weighted by molar-refractivity contribution is -0.139. The number of carbonyl (C=O) groups excluding carboxylic acids is 1. The summed E-state index contributed by atoms with van der Waals surface area (Å²) in [6, 6.07) is 17.1. The zero-order chi connectivity index (χ0) is 28.9. The lowest BCUT2D eigenvalue weighted by Crippen LogP contribution is -2.52. The van der Waals surface area contributed by atoms with Gasteiger partial charge in [-0.05, 0) is 55.7 Å². The van der Waals surface area contributed by atoms with Crippen LogP contribution in [0.15, 0.2) is 60.9 Å².